The summed E-state index contributed by atoms with van der Waals surface area (Å²) in [5.41, 5.74) is 0. The number of rotatable bonds is 2. The van der Waals surface area contributed by atoms with Gasteiger partial charge in [-0.25, -0.2) is 4.79 Å². The van der Waals surface area contributed by atoms with Gasteiger partial charge in [-0.1, -0.05) is 0 Å². The first kappa shape index (κ1) is 8.00. The summed E-state index contributed by atoms with van der Waals surface area (Å²) < 4.78 is 4.88. The summed E-state index contributed by atoms with van der Waals surface area (Å²) in [4.78, 5) is 21.5. The monoisotopic (exact) mass is 158 g/mol. The third kappa shape index (κ3) is 1.48. The molecule has 2 atom stereocenters. The lowest BCUT2D eigenvalue weighted by molar-refractivity contribution is -0.122. The normalized spacial score (nSPS) is 26.2. The van der Waals surface area contributed by atoms with E-state index >= 15 is 0 Å². The van der Waals surface area contributed by atoms with Crippen LogP contribution in [-0.2, 0) is 9.53 Å². The molecule has 1 heterocycles. The first-order chi connectivity index (χ1) is 5.15. The van der Waals surface area contributed by atoms with Crippen LogP contribution >= 0.6 is 0 Å². The molecular weight excluding hydrogens is 148 g/mol. The molecule has 1 rings (SSSR count). The van der Waals surface area contributed by atoms with Crippen molar-refractivity contribution in [3.63, 3.8) is 0 Å². The minimum atomic E-state index is -0.549. The van der Waals surface area contributed by atoms with Crippen molar-refractivity contribution < 1.29 is 14.3 Å². The standard InChI is InChI=1S/C6H10N2O3/c1-3(11-2)4-5(9)8-6(10)7-4/h3-4H,1-2H3,(H2,7,8,9,10). The summed E-state index contributed by atoms with van der Waals surface area (Å²) in [5.74, 6) is -0.329. The van der Waals surface area contributed by atoms with Crippen molar-refractivity contribution in [1.82, 2.24) is 10.6 Å². The largest absolute Gasteiger partial charge is 0.379 e. The fourth-order valence-electron chi connectivity index (χ4n) is 0.899. The number of carbonyl (C=O) groups is 2. The number of carbonyl (C=O) groups excluding carboxylic acids is 2. The molecule has 5 heteroatoms. The Labute approximate surface area is 64.1 Å². The fraction of sp³-hybridized carbons (Fsp3) is 0.667. The number of nitrogens with one attached hydrogen (secondary N) is 2. The van der Waals surface area contributed by atoms with Crippen LogP contribution in [0.4, 0.5) is 4.79 Å². The van der Waals surface area contributed by atoms with Crippen LogP contribution in [0.15, 0.2) is 0 Å². The molecule has 2 N–H and O–H groups in total. The SMILES string of the molecule is COC(C)C1NC(=O)NC1=O. The topological polar surface area (TPSA) is 67.4 Å². The van der Waals surface area contributed by atoms with Gasteiger partial charge in [0.2, 0.25) is 0 Å². The number of imide groups is 1. The summed E-state index contributed by atoms with van der Waals surface area (Å²) in [6.07, 6.45) is -0.290. The summed E-state index contributed by atoms with van der Waals surface area (Å²) in [6.45, 7) is 1.72. The zero-order valence-electron chi connectivity index (χ0n) is 6.38. The van der Waals surface area contributed by atoms with Crippen LogP contribution in [0.1, 0.15) is 6.92 Å². The van der Waals surface area contributed by atoms with Crippen LogP contribution < -0.4 is 10.6 Å². The Hall–Kier alpha value is -1.10. The quantitative estimate of drug-likeness (QED) is 0.518. The summed E-state index contributed by atoms with van der Waals surface area (Å²) in [5, 5.41) is 4.54. The average molecular weight is 158 g/mol. The van der Waals surface area contributed by atoms with Crippen molar-refractivity contribution >= 4 is 11.9 Å². The van der Waals surface area contributed by atoms with Crippen LogP contribution in [0.25, 0.3) is 0 Å². The Balaban J connectivity index is 2.59. The third-order valence-corrected chi connectivity index (χ3v) is 1.65. The molecule has 0 bridgehead atoms. The zero-order chi connectivity index (χ0) is 8.43. The van der Waals surface area contributed by atoms with E-state index in [9.17, 15) is 9.59 Å². The second kappa shape index (κ2) is 2.87. The van der Waals surface area contributed by atoms with Crippen molar-refractivity contribution in [3.8, 4) is 0 Å². The van der Waals surface area contributed by atoms with Crippen molar-refractivity contribution in [2.45, 2.75) is 19.1 Å². The van der Waals surface area contributed by atoms with Gasteiger partial charge in [-0.05, 0) is 6.92 Å². The molecule has 1 aliphatic rings. The van der Waals surface area contributed by atoms with Gasteiger partial charge >= 0.3 is 6.03 Å². The van der Waals surface area contributed by atoms with E-state index in [1.807, 2.05) is 0 Å². The Kier molecular flexibility index (Phi) is 2.09. The number of hydrogen-bond donors (Lipinski definition) is 2. The number of amides is 3. The lowest BCUT2D eigenvalue weighted by Crippen LogP contribution is -2.40. The molecule has 0 aromatic rings. The van der Waals surface area contributed by atoms with Crippen LogP contribution in [0.2, 0.25) is 0 Å². The van der Waals surface area contributed by atoms with E-state index in [-0.39, 0.29) is 12.0 Å². The molecule has 62 valence electrons. The van der Waals surface area contributed by atoms with E-state index in [1.54, 1.807) is 6.92 Å². The van der Waals surface area contributed by atoms with Crippen molar-refractivity contribution in [1.29, 1.82) is 0 Å². The molecule has 0 aromatic heterocycles. The van der Waals surface area contributed by atoms with Crippen molar-refractivity contribution in [2.75, 3.05) is 7.11 Å². The highest BCUT2D eigenvalue weighted by Gasteiger charge is 2.33. The van der Waals surface area contributed by atoms with Gasteiger partial charge in [0.05, 0.1) is 6.10 Å². The predicted octanol–water partition coefficient (Wildman–Crippen LogP) is -0.771. The molecule has 0 radical (unpaired) electrons. The number of urea groups is 1. The number of hydrogen-bond acceptors (Lipinski definition) is 3. The first-order valence-corrected chi connectivity index (χ1v) is 3.29. The van der Waals surface area contributed by atoms with E-state index in [2.05, 4.69) is 10.6 Å². The summed E-state index contributed by atoms with van der Waals surface area (Å²) in [7, 11) is 1.49. The van der Waals surface area contributed by atoms with Gasteiger partial charge in [-0.2, -0.15) is 0 Å². The second-order valence-electron chi connectivity index (χ2n) is 2.38. The number of methoxy groups -OCH3 is 1. The Bertz CT molecular complexity index is 192. The van der Waals surface area contributed by atoms with Gasteiger partial charge in [-0.15, -0.1) is 0 Å². The molecule has 1 aliphatic heterocycles. The van der Waals surface area contributed by atoms with E-state index in [0.29, 0.717) is 0 Å². The average Bonchev–Trinajstić information content (AvgIpc) is 2.28. The predicted molar refractivity (Wildman–Crippen MR) is 36.9 cm³/mol. The molecular formula is C6H10N2O3. The smallest absolute Gasteiger partial charge is 0.322 e. The van der Waals surface area contributed by atoms with Crippen LogP contribution in [0.3, 0.4) is 0 Å². The van der Waals surface area contributed by atoms with Crippen LogP contribution in [0.5, 0.6) is 0 Å². The van der Waals surface area contributed by atoms with Gasteiger partial charge in [0, 0.05) is 7.11 Å². The van der Waals surface area contributed by atoms with Crippen LogP contribution in [-0.4, -0.2) is 31.2 Å². The molecule has 3 amide bonds. The van der Waals surface area contributed by atoms with E-state index in [1.165, 1.54) is 7.11 Å². The Morgan fingerprint density at radius 1 is 1.55 bits per heavy atom. The van der Waals surface area contributed by atoms with Gasteiger partial charge in [0.1, 0.15) is 6.04 Å². The molecule has 0 aromatic carbocycles. The fourth-order valence-corrected chi connectivity index (χ4v) is 0.899. The highest BCUT2D eigenvalue weighted by atomic mass is 16.5. The molecule has 5 nitrogen and oxygen atoms in total. The van der Waals surface area contributed by atoms with Gasteiger partial charge in [-0.3, -0.25) is 10.1 Å². The van der Waals surface area contributed by atoms with Gasteiger partial charge in [0.15, 0.2) is 0 Å². The highest BCUT2D eigenvalue weighted by molar-refractivity contribution is 6.04. The molecule has 1 saturated heterocycles. The molecule has 1 fully saturated rings. The maximum absolute atomic E-state index is 10.9. The maximum Gasteiger partial charge on any atom is 0.322 e. The van der Waals surface area contributed by atoms with Gasteiger partial charge in [0.25, 0.3) is 5.91 Å². The highest BCUT2D eigenvalue weighted by Crippen LogP contribution is 2.01. The summed E-state index contributed by atoms with van der Waals surface area (Å²) in [6, 6.07) is -1.00. The molecule has 0 aliphatic carbocycles. The van der Waals surface area contributed by atoms with Crippen LogP contribution in [0, 0.1) is 0 Å². The second-order valence-corrected chi connectivity index (χ2v) is 2.38. The van der Waals surface area contributed by atoms with E-state index in [0.717, 1.165) is 0 Å². The lowest BCUT2D eigenvalue weighted by atomic mass is 10.2. The molecule has 11 heavy (non-hydrogen) atoms. The van der Waals surface area contributed by atoms with E-state index in [4.69, 9.17) is 4.74 Å². The van der Waals surface area contributed by atoms with Crippen molar-refractivity contribution in [2.24, 2.45) is 0 Å². The maximum atomic E-state index is 10.9. The van der Waals surface area contributed by atoms with Crippen molar-refractivity contribution in [3.05, 3.63) is 0 Å². The third-order valence-electron chi connectivity index (χ3n) is 1.65. The Morgan fingerprint density at radius 3 is 2.55 bits per heavy atom. The zero-order valence-corrected chi connectivity index (χ0v) is 6.38. The minimum Gasteiger partial charge on any atom is -0.379 e. The minimum absolute atomic E-state index is 0.290. The number of ether oxygens (including phenoxy) is 1. The molecule has 0 spiro atoms. The molecule has 2 unspecified atom stereocenters. The molecule has 0 saturated carbocycles. The Morgan fingerprint density at radius 2 is 2.18 bits per heavy atom. The van der Waals surface area contributed by atoms with Gasteiger partial charge < -0.3 is 10.1 Å². The summed E-state index contributed by atoms with van der Waals surface area (Å²) >= 11 is 0. The first-order valence-electron chi connectivity index (χ1n) is 3.29. The van der Waals surface area contributed by atoms with E-state index < -0.39 is 12.1 Å². The lowest BCUT2D eigenvalue weighted by Gasteiger charge is -2.13.